The van der Waals surface area contributed by atoms with E-state index in [1.165, 1.54) is 12.8 Å². The fourth-order valence-electron chi connectivity index (χ4n) is 1.97. The molecule has 0 spiro atoms. The molecule has 0 radical (unpaired) electrons. The number of benzene rings is 1. The molecule has 1 aromatic heterocycles. The molecule has 1 fully saturated rings. The van der Waals surface area contributed by atoms with E-state index in [1.807, 2.05) is 29.1 Å². The molecule has 1 aromatic carbocycles. The Labute approximate surface area is 105 Å². The molecule has 0 unspecified atom stereocenters. The van der Waals surface area contributed by atoms with Gasteiger partial charge in [0.2, 0.25) is 0 Å². The van der Waals surface area contributed by atoms with Crippen molar-refractivity contribution in [3.8, 4) is 5.69 Å². The summed E-state index contributed by atoms with van der Waals surface area (Å²) >= 11 is 5.91. The molecule has 3 rings (SSSR count). The zero-order valence-corrected chi connectivity index (χ0v) is 10.1. The predicted molar refractivity (Wildman–Crippen MR) is 66.5 cm³/mol. The Hall–Kier alpha value is -1.32. The van der Waals surface area contributed by atoms with Gasteiger partial charge in [0.25, 0.3) is 0 Å². The molecule has 1 heterocycles. The van der Waals surface area contributed by atoms with Crippen molar-refractivity contribution in [3.05, 3.63) is 46.7 Å². The molecule has 3 nitrogen and oxygen atoms in total. The summed E-state index contributed by atoms with van der Waals surface area (Å²) in [6, 6.07) is 7.52. The Balaban J connectivity index is 2.01. The van der Waals surface area contributed by atoms with Gasteiger partial charge in [-0.25, -0.2) is 4.68 Å². The van der Waals surface area contributed by atoms with Crippen molar-refractivity contribution in [1.82, 2.24) is 9.78 Å². The van der Waals surface area contributed by atoms with Gasteiger partial charge in [-0.05, 0) is 37.1 Å². The summed E-state index contributed by atoms with van der Waals surface area (Å²) in [5, 5.41) is 14.5. The van der Waals surface area contributed by atoms with Gasteiger partial charge in [0.1, 0.15) is 0 Å². The Morgan fingerprint density at radius 3 is 2.88 bits per heavy atom. The lowest BCUT2D eigenvalue weighted by Gasteiger charge is -2.07. The Kier molecular flexibility index (Phi) is 2.65. The standard InChI is InChI=1S/C13H13ClN2O/c14-11-3-4-13(10(7-11)8-17)16-6-5-12(15-16)9-1-2-9/h3-7,9,17H,1-2,8H2. The molecular formula is C13H13ClN2O. The molecule has 17 heavy (non-hydrogen) atoms. The van der Waals surface area contributed by atoms with Crippen LogP contribution in [0, 0.1) is 0 Å². The highest BCUT2D eigenvalue weighted by molar-refractivity contribution is 6.30. The van der Waals surface area contributed by atoms with Crippen LogP contribution >= 0.6 is 11.6 Å². The minimum Gasteiger partial charge on any atom is -0.392 e. The first kappa shape index (κ1) is 10.8. The maximum Gasteiger partial charge on any atom is 0.0703 e. The number of halogens is 1. The van der Waals surface area contributed by atoms with Crippen molar-refractivity contribution in [2.75, 3.05) is 0 Å². The third-order valence-electron chi connectivity index (χ3n) is 3.06. The Morgan fingerprint density at radius 1 is 1.35 bits per heavy atom. The molecule has 0 saturated heterocycles. The third kappa shape index (κ3) is 2.08. The molecule has 4 heteroatoms. The number of aliphatic hydroxyl groups excluding tert-OH is 1. The summed E-state index contributed by atoms with van der Waals surface area (Å²) in [7, 11) is 0. The van der Waals surface area contributed by atoms with E-state index in [0.717, 1.165) is 16.9 Å². The Morgan fingerprint density at radius 2 is 2.18 bits per heavy atom. The van der Waals surface area contributed by atoms with Gasteiger partial charge >= 0.3 is 0 Å². The lowest BCUT2D eigenvalue weighted by Crippen LogP contribution is -2.01. The van der Waals surface area contributed by atoms with E-state index in [9.17, 15) is 5.11 Å². The number of aliphatic hydroxyl groups is 1. The molecule has 0 amide bonds. The summed E-state index contributed by atoms with van der Waals surface area (Å²) in [5.41, 5.74) is 2.83. The van der Waals surface area contributed by atoms with Crippen LogP contribution in [-0.2, 0) is 6.61 Å². The SMILES string of the molecule is OCc1cc(Cl)ccc1-n1ccc(C2CC2)n1. The van der Waals surface area contributed by atoms with Crippen molar-refractivity contribution in [2.24, 2.45) is 0 Å². The Bertz CT molecular complexity index is 546. The van der Waals surface area contributed by atoms with Gasteiger partial charge in [0.15, 0.2) is 0 Å². The summed E-state index contributed by atoms with van der Waals surface area (Å²) in [6.07, 6.45) is 4.42. The van der Waals surface area contributed by atoms with Crippen LogP contribution in [0.4, 0.5) is 0 Å². The van der Waals surface area contributed by atoms with Gasteiger partial charge in [-0.1, -0.05) is 11.6 Å². The van der Waals surface area contributed by atoms with Gasteiger partial charge in [0, 0.05) is 22.7 Å². The van der Waals surface area contributed by atoms with E-state index in [4.69, 9.17) is 11.6 Å². The first-order valence-electron chi connectivity index (χ1n) is 5.73. The van der Waals surface area contributed by atoms with Crippen LogP contribution in [0.3, 0.4) is 0 Å². The fourth-order valence-corrected chi connectivity index (χ4v) is 2.17. The highest BCUT2D eigenvalue weighted by Crippen LogP contribution is 2.39. The molecular weight excluding hydrogens is 236 g/mol. The summed E-state index contributed by atoms with van der Waals surface area (Å²) in [4.78, 5) is 0. The topological polar surface area (TPSA) is 38.0 Å². The van der Waals surface area contributed by atoms with Crippen LogP contribution < -0.4 is 0 Å². The lowest BCUT2D eigenvalue weighted by atomic mass is 10.2. The van der Waals surface area contributed by atoms with Gasteiger partial charge in [0.05, 0.1) is 18.0 Å². The second kappa shape index (κ2) is 4.17. The van der Waals surface area contributed by atoms with Gasteiger partial charge < -0.3 is 5.11 Å². The average Bonchev–Trinajstić information content (AvgIpc) is 3.08. The largest absolute Gasteiger partial charge is 0.392 e. The zero-order chi connectivity index (χ0) is 11.8. The number of hydrogen-bond acceptors (Lipinski definition) is 2. The molecule has 1 N–H and O–H groups in total. The minimum absolute atomic E-state index is 0.0332. The van der Waals surface area contributed by atoms with E-state index >= 15 is 0 Å². The predicted octanol–water partition coefficient (Wildman–Crippen LogP) is 2.90. The van der Waals surface area contributed by atoms with Crippen LogP contribution in [0.25, 0.3) is 5.69 Å². The second-order valence-corrected chi connectivity index (χ2v) is 4.83. The van der Waals surface area contributed by atoms with Crippen molar-refractivity contribution < 1.29 is 5.11 Å². The number of nitrogens with zero attached hydrogens (tertiary/aromatic N) is 2. The molecule has 0 atom stereocenters. The van der Waals surface area contributed by atoms with E-state index in [-0.39, 0.29) is 6.61 Å². The average molecular weight is 249 g/mol. The van der Waals surface area contributed by atoms with Gasteiger partial charge in [-0.3, -0.25) is 0 Å². The summed E-state index contributed by atoms with van der Waals surface area (Å²) < 4.78 is 1.82. The fraction of sp³-hybridized carbons (Fsp3) is 0.308. The number of rotatable bonds is 3. The first-order chi connectivity index (χ1) is 8.28. The van der Waals surface area contributed by atoms with Gasteiger partial charge in [-0.2, -0.15) is 5.10 Å². The molecule has 1 aliphatic carbocycles. The van der Waals surface area contributed by atoms with Crippen molar-refractivity contribution in [3.63, 3.8) is 0 Å². The number of hydrogen-bond donors (Lipinski definition) is 1. The van der Waals surface area contributed by atoms with E-state index in [1.54, 1.807) is 6.07 Å². The number of aromatic nitrogens is 2. The van der Waals surface area contributed by atoms with E-state index < -0.39 is 0 Å². The van der Waals surface area contributed by atoms with Crippen LogP contribution in [0.5, 0.6) is 0 Å². The monoisotopic (exact) mass is 248 g/mol. The third-order valence-corrected chi connectivity index (χ3v) is 3.30. The molecule has 0 aliphatic heterocycles. The maximum atomic E-state index is 9.33. The summed E-state index contributed by atoms with van der Waals surface area (Å²) in [6.45, 7) is -0.0332. The lowest BCUT2D eigenvalue weighted by molar-refractivity contribution is 0.281. The van der Waals surface area contributed by atoms with Crippen molar-refractivity contribution in [1.29, 1.82) is 0 Å². The molecule has 1 aliphatic rings. The molecule has 88 valence electrons. The van der Waals surface area contributed by atoms with E-state index in [0.29, 0.717) is 10.9 Å². The van der Waals surface area contributed by atoms with Crippen molar-refractivity contribution >= 4 is 11.6 Å². The van der Waals surface area contributed by atoms with Gasteiger partial charge in [-0.15, -0.1) is 0 Å². The van der Waals surface area contributed by atoms with Crippen LogP contribution in [0.15, 0.2) is 30.5 Å². The second-order valence-electron chi connectivity index (χ2n) is 4.39. The highest BCUT2D eigenvalue weighted by Gasteiger charge is 2.26. The minimum atomic E-state index is -0.0332. The maximum absolute atomic E-state index is 9.33. The highest BCUT2D eigenvalue weighted by atomic mass is 35.5. The molecule has 1 saturated carbocycles. The van der Waals surface area contributed by atoms with Crippen LogP contribution in [0.2, 0.25) is 5.02 Å². The summed E-state index contributed by atoms with van der Waals surface area (Å²) in [5.74, 6) is 0.640. The normalized spacial score (nSPS) is 15.2. The first-order valence-corrected chi connectivity index (χ1v) is 6.11. The molecule has 2 aromatic rings. The van der Waals surface area contributed by atoms with Crippen LogP contribution in [0.1, 0.15) is 30.0 Å². The molecule has 0 bridgehead atoms. The van der Waals surface area contributed by atoms with Crippen molar-refractivity contribution in [2.45, 2.75) is 25.4 Å². The smallest absolute Gasteiger partial charge is 0.0703 e. The zero-order valence-electron chi connectivity index (χ0n) is 9.31. The van der Waals surface area contributed by atoms with Crippen LogP contribution in [-0.4, -0.2) is 14.9 Å². The quantitative estimate of drug-likeness (QED) is 0.907. The van der Waals surface area contributed by atoms with E-state index in [2.05, 4.69) is 5.10 Å².